The van der Waals surface area contributed by atoms with Crippen LogP contribution >= 0.6 is 0 Å². The highest BCUT2D eigenvalue weighted by atomic mass is 16.4. The first kappa shape index (κ1) is 16.1. The third-order valence-corrected chi connectivity index (χ3v) is 3.14. The maximum Gasteiger partial charge on any atom is 0.317 e. The van der Waals surface area contributed by atoms with Crippen LogP contribution in [-0.4, -0.2) is 73.2 Å². The van der Waals surface area contributed by atoms with Gasteiger partial charge in [-0.15, -0.1) is 0 Å². The summed E-state index contributed by atoms with van der Waals surface area (Å²) in [5.74, 6) is -1.34. The molecule has 1 atom stereocenters. The summed E-state index contributed by atoms with van der Waals surface area (Å²) in [7, 11) is 3.27. The molecular formula is C12H22N4O4. The number of rotatable bonds is 4. The Bertz CT molecular complexity index is 372. The Morgan fingerprint density at radius 3 is 2.50 bits per heavy atom. The fraction of sp³-hybridized carbons (Fsp3) is 0.750. The number of nitrogens with one attached hydrogen (secondary N) is 2. The molecule has 0 spiro atoms. The van der Waals surface area contributed by atoms with Crippen LogP contribution in [0.25, 0.3) is 0 Å². The second kappa shape index (κ2) is 7.56. The number of carbonyl (C=O) groups excluding carboxylic acids is 2. The molecule has 1 saturated heterocycles. The highest BCUT2D eigenvalue weighted by Crippen LogP contribution is 2.16. The summed E-state index contributed by atoms with van der Waals surface area (Å²) in [6, 6.07) is -0.502. The van der Waals surface area contributed by atoms with Crippen LogP contribution in [0.5, 0.6) is 0 Å². The summed E-state index contributed by atoms with van der Waals surface area (Å²) in [6.45, 7) is 1.45. The summed E-state index contributed by atoms with van der Waals surface area (Å²) >= 11 is 0. The molecule has 1 aliphatic rings. The molecule has 0 aliphatic carbocycles. The van der Waals surface area contributed by atoms with Crippen molar-refractivity contribution in [3.63, 3.8) is 0 Å². The number of likely N-dealkylation sites (tertiary alicyclic amines) is 1. The molecule has 0 aromatic heterocycles. The number of carboxylic acids is 1. The van der Waals surface area contributed by atoms with Crippen molar-refractivity contribution in [2.24, 2.45) is 5.92 Å². The molecule has 0 saturated carbocycles. The van der Waals surface area contributed by atoms with Gasteiger partial charge in [0.15, 0.2) is 0 Å². The Kier molecular flexibility index (Phi) is 6.08. The van der Waals surface area contributed by atoms with E-state index in [1.807, 2.05) is 0 Å². The van der Waals surface area contributed by atoms with E-state index in [9.17, 15) is 14.4 Å². The minimum Gasteiger partial charge on any atom is -0.481 e. The Morgan fingerprint density at radius 1 is 1.25 bits per heavy atom. The van der Waals surface area contributed by atoms with Crippen LogP contribution in [0.1, 0.15) is 12.8 Å². The second-order valence-electron chi connectivity index (χ2n) is 4.98. The van der Waals surface area contributed by atoms with Gasteiger partial charge in [-0.1, -0.05) is 0 Å². The summed E-state index contributed by atoms with van der Waals surface area (Å²) in [5.41, 5.74) is 0. The van der Waals surface area contributed by atoms with Gasteiger partial charge in [0.1, 0.15) is 0 Å². The lowest BCUT2D eigenvalue weighted by atomic mass is 9.99. The monoisotopic (exact) mass is 286 g/mol. The van der Waals surface area contributed by atoms with Gasteiger partial charge in [0, 0.05) is 40.3 Å². The number of hydrogen-bond acceptors (Lipinski definition) is 3. The van der Waals surface area contributed by atoms with Gasteiger partial charge in [0.2, 0.25) is 0 Å². The van der Waals surface area contributed by atoms with Crippen molar-refractivity contribution in [1.82, 2.24) is 20.4 Å². The van der Waals surface area contributed by atoms with E-state index in [-0.39, 0.29) is 18.6 Å². The van der Waals surface area contributed by atoms with Gasteiger partial charge in [-0.3, -0.25) is 4.79 Å². The first-order chi connectivity index (χ1) is 9.41. The highest BCUT2D eigenvalue weighted by molar-refractivity contribution is 5.77. The predicted octanol–water partition coefficient (Wildman–Crippen LogP) is -0.236. The maximum absolute atomic E-state index is 11.8. The van der Waals surface area contributed by atoms with Crippen LogP contribution in [-0.2, 0) is 4.79 Å². The Balaban J connectivity index is 2.25. The topological polar surface area (TPSA) is 102 Å². The first-order valence-corrected chi connectivity index (χ1v) is 6.62. The predicted molar refractivity (Wildman–Crippen MR) is 72.4 cm³/mol. The van der Waals surface area contributed by atoms with E-state index < -0.39 is 11.9 Å². The number of urea groups is 2. The molecule has 0 aromatic rings. The zero-order chi connectivity index (χ0) is 15.1. The lowest BCUT2D eigenvalue weighted by Gasteiger charge is -2.30. The lowest BCUT2D eigenvalue weighted by Crippen LogP contribution is -2.48. The van der Waals surface area contributed by atoms with E-state index in [4.69, 9.17) is 5.11 Å². The number of carboxylic acid groups (broad SMARTS) is 1. The van der Waals surface area contributed by atoms with Crippen molar-refractivity contribution < 1.29 is 19.5 Å². The van der Waals surface area contributed by atoms with Crippen molar-refractivity contribution in [3.05, 3.63) is 0 Å². The molecule has 8 nitrogen and oxygen atoms in total. The molecule has 0 radical (unpaired) electrons. The molecule has 1 aliphatic heterocycles. The summed E-state index contributed by atoms with van der Waals surface area (Å²) in [6.07, 6.45) is 1.31. The standard InChI is InChI=1S/C12H22N4O4/c1-15(2)11(19)13-5-6-14-12(20)16-7-3-4-9(8-16)10(17)18/h9H,3-8H2,1-2H3,(H,13,19)(H,14,20)(H,17,18). The van der Waals surface area contributed by atoms with Crippen LogP contribution in [0.15, 0.2) is 0 Å². The van der Waals surface area contributed by atoms with Gasteiger partial charge in [-0.05, 0) is 12.8 Å². The average Bonchev–Trinajstić information content (AvgIpc) is 2.43. The summed E-state index contributed by atoms with van der Waals surface area (Å²) < 4.78 is 0. The van der Waals surface area contributed by atoms with Crippen molar-refractivity contribution in [1.29, 1.82) is 0 Å². The molecule has 3 N–H and O–H groups in total. The van der Waals surface area contributed by atoms with Crippen LogP contribution in [0.3, 0.4) is 0 Å². The van der Waals surface area contributed by atoms with Crippen molar-refractivity contribution >= 4 is 18.0 Å². The first-order valence-electron chi connectivity index (χ1n) is 6.62. The molecule has 1 heterocycles. The fourth-order valence-corrected chi connectivity index (χ4v) is 1.97. The van der Waals surface area contributed by atoms with Crippen LogP contribution in [0.2, 0.25) is 0 Å². The SMILES string of the molecule is CN(C)C(=O)NCCNC(=O)N1CCCC(C(=O)O)C1. The maximum atomic E-state index is 11.8. The number of carbonyl (C=O) groups is 3. The minimum absolute atomic E-state index is 0.219. The van der Waals surface area contributed by atoms with Crippen molar-refractivity contribution in [2.75, 3.05) is 40.3 Å². The lowest BCUT2D eigenvalue weighted by molar-refractivity contribution is -0.143. The number of nitrogens with zero attached hydrogens (tertiary/aromatic N) is 2. The molecule has 1 fully saturated rings. The molecule has 0 aromatic carbocycles. The van der Waals surface area contributed by atoms with E-state index in [1.165, 1.54) is 9.80 Å². The fourth-order valence-electron chi connectivity index (χ4n) is 1.97. The molecule has 8 heteroatoms. The third kappa shape index (κ3) is 4.94. The van der Waals surface area contributed by atoms with Gasteiger partial charge in [-0.2, -0.15) is 0 Å². The normalized spacial score (nSPS) is 18.3. The zero-order valence-corrected chi connectivity index (χ0v) is 11.9. The Hall–Kier alpha value is -1.99. The molecule has 114 valence electrons. The van der Waals surface area contributed by atoms with Crippen LogP contribution in [0.4, 0.5) is 9.59 Å². The van der Waals surface area contributed by atoms with E-state index >= 15 is 0 Å². The molecular weight excluding hydrogens is 264 g/mol. The van der Waals surface area contributed by atoms with Gasteiger partial charge < -0.3 is 25.5 Å². The quantitative estimate of drug-likeness (QED) is 0.621. The number of hydrogen-bond donors (Lipinski definition) is 3. The van der Waals surface area contributed by atoms with Crippen LogP contribution < -0.4 is 10.6 Å². The van der Waals surface area contributed by atoms with E-state index in [1.54, 1.807) is 14.1 Å². The molecule has 0 bridgehead atoms. The van der Waals surface area contributed by atoms with Crippen molar-refractivity contribution in [2.45, 2.75) is 12.8 Å². The van der Waals surface area contributed by atoms with Gasteiger partial charge >= 0.3 is 18.0 Å². The summed E-state index contributed by atoms with van der Waals surface area (Å²) in [4.78, 5) is 36.9. The van der Waals surface area contributed by atoms with Gasteiger partial charge in [-0.25, -0.2) is 9.59 Å². The third-order valence-electron chi connectivity index (χ3n) is 3.14. The number of piperidine rings is 1. The number of aliphatic carboxylic acids is 1. The average molecular weight is 286 g/mol. The molecule has 4 amide bonds. The Morgan fingerprint density at radius 2 is 1.90 bits per heavy atom. The number of amides is 4. The van der Waals surface area contributed by atoms with Crippen molar-refractivity contribution in [3.8, 4) is 0 Å². The van der Waals surface area contributed by atoms with E-state index in [0.717, 1.165) is 0 Å². The molecule has 1 unspecified atom stereocenters. The smallest absolute Gasteiger partial charge is 0.317 e. The zero-order valence-electron chi connectivity index (χ0n) is 11.9. The van der Waals surface area contributed by atoms with Gasteiger partial charge in [0.05, 0.1) is 5.92 Å². The van der Waals surface area contributed by atoms with Crippen LogP contribution in [0, 0.1) is 5.92 Å². The van der Waals surface area contributed by atoms with E-state index in [2.05, 4.69) is 10.6 Å². The van der Waals surface area contributed by atoms with Gasteiger partial charge in [0.25, 0.3) is 0 Å². The minimum atomic E-state index is -0.860. The van der Waals surface area contributed by atoms with E-state index in [0.29, 0.717) is 32.5 Å². The highest BCUT2D eigenvalue weighted by Gasteiger charge is 2.27. The second-order valence-corrected chi connectivity index (χ2v) is 4.98. The largest absolute Gasteiger partial charge is 0.481 e. The summed E-state index contributed by atoms with van der Waals surface area (Å²) in [5, 5.41) is 14.2. The molecule has 20 heavy (non-hydrogen) atoms. The molecule has 1 rings (SSSR count). The Labute approximate surface area is 118 Å².